The fourth-order valence-electron chi connectivity index (χ4n) is 3.22. The summed E-state index contributed by atoms with van der Waals surface area (Å²) in [5.41, 5.74) is 2.88. The Bertz CT molecular complexity index is 818. The van der Waals surface area contributed by atoms with Gasteiger partial charge in [0.1, 0.15) is 0 Å². The molecule has 0 heterocycles. The smallest absolute Gasteiger partial charge is 0.254 e. The molecule has 6 nitrogen and oxygen atoms in total. The Kier molecular flexibility index (Phi) is 4.61. The zero-order valence-electron chi connectivity index (χ0n) is 14.3. The van der Waals surface area contributed by atoms with Crippen LogP contribution in [0.1, 0.15) is 22.6 Å². The largest absolute Gasteiger partial charge is 0.493 e. The van der Waals surface area contributed by atoms with E-state index in [0.29, 0.717) is 23.7 Å². The second kappa shape index (κ2) is 6.84. The molecule has 0 aromatic heterocycles. The van der Waals surface area contributed by atoms with Gasteiger partial charge in [0.05, 0.1) is 32.2 Å². The van der Waals surface area contributed by atoms with Gasteiger partial charge in [0.2, 0.25) is 5.75 Å². The highest BCUT2D eigenvalue weighted by atomic mass is 16.6. The van der Waals surface area contributed by atoms with Crippen molar-refractivity contribution in [3.05, 3.63) is 68.9 Å². The third-order valence-corrected chi connectivity index (χ3v) is 4.44. The van der Waals surface area contributed by atoms with E-state index in [4.69, 9.17) is 14.2 Å². The highest BCUT2D eigenvalue weighted by molar-refractivity contribution is 5.62. The fraction of sp³-hybridized carbons (Fsp3) is 0.263. The minimum atomic E-state index is -0.390. The Balaban J connectivity index is 2.14. The molecule has 0 aliphatic heterocycles. The lowest BCUT2D eigenvalue weighted by atomic mass is 9.82. The first-order chi connectivity index (χ1) is 12.1. The monoisotopic (exact) mass is 341 g/mol. The van der Waals surface area contributed by atoms with Crippen molar-refractivity contribution >= 4 is 6.08 Å². The molecular formula is C19H19NO5. The fourth-order valence-corrected chi connectivity index (χ4v) is 3.22. The Labute approximate surface area is 145 Å². The normalized spacial score (nSPS) is 15.8. The van der Waals surface area contributed by atoms with Crippen molar-refractivity contribution in [2.75, 3.05) is 21.3 Å². The number of ether oxygens (including phenoxy) is 3. The molecule has 0 bridgehead atoms. The number of hydrogen-bond donors (Lipinski definition) is 0. The molecular weight excluding hydrogens is 322 g/mol. The molecule has 1 atom stereocenters. The first kappa shape index (κ1) is 16.8. The number of hydrogen-bond acceptors (Lipinski definition) is 5. The van der Waals surface area contributed by atoms with Crippen molar-refractivity contribution in [3.63, 3.8) is 0 Å². The zero-order valence-corrected chi connectivity index (χ0v) is 14.3. The quantitative estimate of drug-likeness (QED) is 0.613. The summed E-state index contributed by atoms with van der Waals surface area (Å²) < 4.78 is 16.1. The molecule has 0 amide bonds. The van der Waals surface area contributed by atoms with E-state index in [1.807, 2.05) is 24.3 Å². The summed E-state index contributed by atoms with van der Waals surface area (Å²) in [5, 5.41) is 11.6. The molecule has 3 rings (SSSR count). The third kappa shape index (κ3) is 3.03. The summed E-state index contributed by atoms with van der Waals surface area (Å²) in [4.78, 5) is 11.3. The van der Waals surface area contributed by atoms with Crippen LogP contribution in [0.3, 0.4) is 0 Å². The van der Waals surface area contributed by atoms with Gasteiger partial charge in [-0.1, -0.05) is 24.3 Å². The molecule has 0 N–H and O–H groups in total. The molecule has 2 aromatic rings. The first-order valence-electron chi connectivity index (χ1n) is 7.82. The number of allylic oxidation sites excluding steroid dienone is 1. The van der Waals surface area contributed by atoms with Crippen LogP contribution in [0.2, 0.25) is 0 Å². The second-order valence-electron chi connectivity index (χ2n) is 5.74. The zero-order chi connectivity index (χ0) is 18.0. The van der Waals surface area contributed by atoms with E-state index in [0.717, 1.165) is 16.7 Å². The van der Waals surface area contributed by atoms with E-state index in [9.17, 15) is 10.1 Å². The van der Waals surface area contributed by atoms with Crippen molar-refractivity contribution in [3.8, 4) is 17.2 Å². The molecule has 0 saturated carbocycles. The lowest BCUT2D eigenvalue weighted by Crippen LogP contribution is -2.17. The van der Waals surface area contributed by atoms with Gasteiger partial charge in [-0.3, -0.25) is 10.1 Å². The van der Waals surface area contributed by atoms with Crippen LogP contribution < -0.4 is 14.2 Å². The van der Waals surface area contributed by atoms with Gasteiger partial charge in [0, 0.05) is 6.08 Å². The van der Waals surface area contributed by atoms with E-state index < -0.39 is 5.92 Å². The minimum absolute atomic E-state index is 0.160. The molecule has 25 heavy (non-hydrogen) atoms. The van der Waals surface area contributed by atoms with E-state index in [2.05, 4.69) is 0 Å². The summed E-state index contributed by atoms with van der Waals surface area (Å²) in [6.45, 7) is 0. The van der Waals surface area contributed by atoms with Crippen LogP contribution in [0, 0.1) is 10.1 Å². The SMILES string of the molecule is COc1cc(C2Cc3ccccc3C=C2[N+](=O)[O-])cc(OC)c1OC. The van der Waals surface area contributed by atoms with Crippen LogP contribution in [0.5, 0.6) is 17.2 Å². The standard InChI is InChI=1S/C19H19NO5/c1-23-17-10-14(11-18(24-2)19(17)25-3)15-8-12-6-4-5-7-13(12)9-16(15)20(21)22/h4-7,9-11,15H,8H2,1-3H3. The van der Waals surface area contributed by atoms with Gasteiger partial charge in [0.25, 0.3) is 5.70 Å². The van der Waals surface area contributed by atoms with Gasteiger partial charge < -0.3 is 14.2 Å². The predicted octanol–water partition coefficient (Wildman–Crippen LogP) is 3.67. The number of benzene rings is 2. The third-order valence-electron chi connectivity index (χ3n) is 4.44. The lowest BCUT2D eigenvalue weighted by molar-refractivity contribution is -0.428. The van der Waals surface area contributed by atoms with Crippen molar-refractivity contribution in [2.45, 2.75) is 12.3 Å². The molecule has 0 radical (unpaired) electrons. The van der Waals surface area contributed by atoms with Crippen LogP contribution >= 0.6 is 0 Å². The van der Waals surface area contributed by atoms with Gasteiger partial charge in [-0.15, -0.1) is 0 Å². The summed E-state index contributed by atoms with van der Waals surface area (Å²) in [6.07, 6.45) is 2.19. The van der Waals surface area contributed by atoms with Crippen LogP contribution in [0.4, 0.5) is 0 Å². The maximum absolute atomic E-state index is 11.6. The van der Waals surface area contributed by atoms with E-state index >= 15 is 0 Å². The van der Waals surface area contributed by atoms with Crippen LogP contribution in [-0.2, 0) is 6.42 Å². The number of fused-ring (bicyclic) bond motifs is 1. The lowest BCUT2D eigenvalue weighted by Gasteiger charge is -2.22. The van der Waals surface area contributed by atoms with E-state index in [1.165, 1.54) is 21.3 Å². The van der Waals surface area contributed by atoms with Crippen LogP contribution in [-0.4, -0.2) is 26.3 Å². The number of methoxy groups -OCH3 is 3. The molecule has 0 fully saturated rings. The van der Waals surface area contributed by atoms with Crippen LogP contribution in [0.15, 0.2) is 42.1 Å². The molecule has 2 aromatic carbocycles. The summed E-state index contributed by atoms with van der Waals surface area (Å²) in [6, 6.07) is 11.3. The predicted molar refractivity (Wildman–Crippen MR) is 94.0 cm³/mol. The van der Waals surface area contributed by atoms with E-state index in [1.54, 1.807) is 18.2 Å². The average Bonchev–Trinajstić information content (AvgIpc) is 2.65. The molecule has 1 unspecified atom stereocenters. The average molecular weight is 341 g/mol. The first-order valence-corrected chi connectivity index (χ1v) is 7.82. The molecule has 6 heteroatoms. The Morgan fingerprint density at radius 3 is 2.24 bits per heavy atom. The Hall–Kier alpha value is -3.02. The van der Waals surface area contributed by atoms with Crippen LogP contribution in [0.25, 0.3) is 6.08 Å². The maximum Gasteiger partial charge on any atom is 0.254 e. The summed E-state index contributed by atoms with van der Waals surface area (Å²) in [5.74, 6) is 1.05. The topological polar surface area (TPSA) is 70.8 Å². The van der Waals surface area contributed by atoms with Gasteiger partial charge in [-0.25, -0.2) is 0 Å². The highest BCUT2D eigenvalue weighted by Crippen LogP contribution is 2.43. The van der Waals surface area contributed by atoms with Gasteiger partial charge >= 0.3 is 0 Å². The van der Waals surface area contributed by atoms with Crippen molar-refractivity contribution < 1.29 is 19.1 Å². The maximum atomic E-state index is 11.6. The molecule has 130 valence electrons. The van der Waals surface area contributed by atoms with Crippen molar-refractivity contribution in [1.82, 2.24) is 0 Å². The second-order valence-corrected chi connectivity index (χ2v) is 5.74. The highest BCUT2D eigenvalue weighted by Gasteiger charge is 2.32. The molecule has 0 saturated heterocycles. The van der Waals surface area contributed by atoms with E-state index in [-0.39, 0.29) is 10.6 Å². The van der Waals surface area contributed by atoms with Gasteiger partial charge in [-0.05, 0) is 35.2 Å². The molecule has 1 aliphatic carbocycles. The van der Waals surface area contributed by atoms with Gasteiger partial charge in [-0.2, -0.15) is 0 Å². The minimum Gasteiger partial charge on any atom is -0.493 e. The summed E-state index contributed by atoms with van der Waals surface area (Å²) in [7, 11) is 4.59. The van der Waals surface area contributed by atoms with Gasteiger partial charge in [0.15, 0.2) is 11.5 Å². The molecule has 0 spiro atoms. The Morgan fingerprint density at radius 1 is 1.04 bits per heavy atom. The number of nitro groups is 1. The summed E-state index contributed by atoms with van der Waals surface area (Å²) >= 11 is 0. The molecule has 1 aliphatic rings. The number of rotatable bonds is 5. The Morgan fingerprint density at radius 2 is 1.68 bits per heavy atom. The van der Waals surface area contributed by atoms with Crippen molar-refractivity contribution in [1.29, 1.82) is 0 Å². The number of nitrogens with zero attached hydrogens (tertiary/aromatic N) is 1. The van der Waals surface area contributed by atoms with Crippen molar-refractivity contribution in [2.24, 2.45) is 0 Å².